The molecule has 14 heteroatoms. The molecule has 2 aromatic rings. The van der Waals surface area contributed by atoms with Gasteiger partial charge in [-0.2, -0.15) is 8.78 Å². The lowest BCUT2D eigenvalue weighted by molar-refractivity contribution is -0.127. The van der Waals surface area contributed by atoms with Crippen molar-refractivity contribution in [3.63, 3.8) is 0 Å². The van der Waals surface area contributed by atoms with Crippen LogP contribution in [0.5, 0.6) is 11.5 Å². The second-order valence-electron chi connectivity index (χ2n) is 9.76. The first kappa shape index (κ1) is 29.5. The normalized spacial score (nSPS) is 18.9. The summed E-state index contributed by atoms with van der Waals surface area (Å²) in [7, 11) is -4.10. The van der Waals surface area contributed by atoms with Gasteiger partial charge in [-0.1, -0.05) is 6.07 Å². The summed E-state index contributed by atoms with van der Waals surface area (Å²) in [5.74, 6) is -2.91. The van der Waals surface area contributed by atoms with Crippen molar-refractivity contribution in [2.75, 3.05) is 12.9 Å². The van der Waals surface area contributed by atoms with E-state index in [1.165, 1.54) is 23.1 Å². The van der Waals surface area contributed by atoms with E-state index in [9.17, 15) is 26.4 Å². The fraction of sp³-hybridized carbons (Fsp3) is 0.423. The number of sulfonamides is 1. The predicted molar refractivity (Wildman–Crippen MR) is 135 cm³/mol. The van der Waals surface area contributed by atoms with Gasteiger partial charge in [-0.3, -0.25) is 9.52 Å². The summed E-state index contributed by atoms with van der Waals surface area (Å²) in [6.07, 6.45) is 1.41. The summed E-state index contributed by atoms with van der Waals surface area (Å²) >= 11 is 0. The Morgan fingerprint density at radius 3 is 2.45 bits per heavy atom. The van der Waals surface area contributed by atoms with Crippen LogP contribution in [0, 0.1) is 17.6 Å². The van der Waals surface area contributed by atoms with Crippen molar-refractivity contribution in [3.8, 4) is 11.5 Å². The lowest BCUT2D eigenvalue weighted by Crippen LogP contribution is -2.42. The average Bonchev–Trinajstić information content (AvgIpc) is 3.60. The number of amides is 1. The highest BCUT2D eigenvalue weighted by molar-refractivity contribution is 7.89. The van der Waals surface area contributed by atoms with Crippen LogP contribution >= 0.6 is 0 Å². The van der Waals surface area contributed by atoms with E-state index in [-0.39, 0.29) is 46.6 Å². The van der Waals surface area contributed by atoms with E-state index >= 15 is 4.39 Å². The number of allylic oxidation sites excluding steroid dienone is 1. The van der Waals surface area contributed by atoms with Crippen LogP contribution in [0.3, 0.4) is 0 Å². The van der Waals surface area contributed by atoms with Gasteiger partial charge in [0.05, 0.1) is 24.6 Å². The van der Waals surface area contributed by atoms with E-state index in [0.717, 1.165) is 31.2 Å². The van der Waals surface area contributed by atoms with Crippen molar-refractivity contribution >= 4 is 15.9 Å². The SMILES string of the molecule is CC1=C([C@H](C)N)OC(c2ccc(OC(F)F)c(OCC3CC3)c2)N1[C@@H](C(=O)NS(C)(=O)=O)c1ccc(F)cc1F. The fourth-order valence-electron chi connectivity index (χ4n) is 4.42. The third-order valence-corrected chi connectivity index (χ3v) is 6.93. The summed E-state index contributed by atoms with van der Waals surface area (Å²) < 4.78 is 97.3. The predicted octanol–water partition coefficient (Wildman–Crippen LogP) is 4.08. The molecular formula is C26H29F4N3O6S. The number of benzene rings is 2. The molecule has 1 aliphatic heterocycles. The van der Waals surface area contributed by atoms with E-state index in [1.807, 2.05) is 4.72 Å². The molecule has 1 heterocycles. The Bertz CT molecular complexity index is 1420. The van der Waals surface area contributed by atoms with Crippen LogP contribution in [0.15, 0.2) is 47.9 Å². The summed E-state index contributed by atoms with van der Waals surface area (Å²) in [4.78, 5) is 14.7. The van der Waals surface area contributed by atoms with Crippen molar-refractivity contribution in [3.05, 3.63) is 70.6 Å². The van der Waals surface area contributed by atoms with E-state index in [2.05, 4.69) is 4.74 Å². The van der Waals surface area contributed by atoms with Crippen molar-refractivity contribution in [2.45, 2.75) is 51.6 Å². The number of carbonyl (C=O) groups excluding carboxylic acids is 1. The molecule has 4 rings (SSSR count). The van der Waals surface area contributed by atoms with Gasteiger partial charge in [0.2, 0.25) is 10.0 Å². The molecular weight excluding hydrogens is 558 g/mol. The quantitative estimate of drug-likeness (QED) is 0.378. The molecule has 1 amide bonds. The first-order valence-corrected chi connectivity index (χ1v) is 14.2. The van der Waals surface area contributed by atoms with Gasteiger partial charge in [0.25, 0.3) is 5.91 Å². The van der Waals surface area contributed by atoms with Crippen LogP contribution < -0.4 is 19.9 Å². The molecule has 0 radical (unpaired) electrons. The number of nitrogens with zero attached hydrogens (tertiary/aromatic N) is 1. The Hall–Kier alpha value is -3.52. The zero-order valence-corrected chi connectivity index (χ0v) is 22.7. The maximum atomic E-state index is 15.1. The van der Waals surface area contributed by atoms with Gasteiger partial charge in [0, 0.05) is 17.2 Å². The number of ether oxygens (including phenoxy) is 3. The first-order valence-electron chi connectivity index (χ1n) is 12.3. The van der Waals surface area contributed by atoms with Crippen molar-refractivity contribution in [2.24, 2.45) is 11.7 Å². The average molecular weight is 588 g/mol. The highest BCUT2D eigenvalue weighted by Crippen LogP contribution is 2.46. The van der Waals surface area contributed by atoms with Gasteiger partial charge in [0.15, 0.2) is 17.7 Å². The maximum absolute atomic E-state index is 15.1. The van der Waals surface area contributed by atoms with Gasteiger partial charge in [-0.15, -0.1) is 0 Å². The van der Waals surface area contributed by atoms with Crippen LogP contribution in [0.2, 0.25) is 0 Å². The Kier molecular flexibility index (Phi) is 8.49. The number of nitrogens with two attached hydrogens (primary N) is 1. The van der Waals surface area contributed by atoms with Crippen molar-refractivity contribution < 1.29 is 45.0 Å². The number of rotatable bonds is 11. The van der Waals surface area contributed by atoms with Crippen molar-refractivity contribution in [1.82, 2.24) is 9.62 Å². The Morgan fingerprint density at radius 2 is 1.88 bits per heavy atom. The first-order chi connectivity index (χ1) is 18.7. The molecule has 218 valence electrons. The van der Waals surface area contributed by atoms with Crippen molar-refractivity contribution in [1.29, 1.82) is 0 Å². The third-order valence-electron chi connectivity index (χ3n) is 6.36. The topological polar surface area (TPSA) is 120 Å². The molecule has 1 saturated carbocycles. The minimum atomic E-state index is -4.10. The van der Waals surface area contributed by atoms with E-state index < -0.39 is 52.5 Å². The van der Waals surface area contributed by atoms with Crippen LogP contribution in [0.4, 0.5) is 17.6 Å². The Balaban J connectivity index is 1.84. The second-order valence-corrected chi connectivity index (χ2v) is 11.5. The van der Waals surface area contributed by atoms with Gasteiger partial charge in [-0.05, 0) is 56.9 Å². The number of hydrogen-bond donors (Lipinski definition) is 2. The fourth-order valence-corrected chi connectivity index (χ4v) is 4.89. The summed E-state index contributed by atoms with van der Waals surface area (Å²) in [6, 6.07) is 4.15. The van der Waals surface area contributed by atoms with Crippen LogP contribution in [0.1, 0.15) is 50.1 Å². The summed E-state index contributed by atoms with van der Waals surface area (Å²) in [5.41, 5.74) is 6.30. The second kappa shape index (κ2) is 11.5. The molecule has 2 aromatic carbocycles. The number of alkyl halides is 2. The standard InChI is InChI=1S/C26H29F4N3O6S/c1-13(31)23-14(2)33(22(24(34)32-40(3,35)36)18-8-7-17(27)11-19(18)28)25(39-23)16-6-9-20(38-26(29)30)21(10-16)37-12-15-4-5-15/h6-11,13,15,22,25-26H,4-5,12,31H2,1-3H3,(H,32,34)/t13-,22+,25?/m0/s1. The van der Waals surface area contributed by atoms with Crippen LogP contribution in [-0.2, 0) is 19.6 Å². The molecule has 3 atom stereocenters. The molecule has 1 fully saturated rings. The highest BCUT2D eigenvalue weighted by atomic mass is 32.2. The minimum Gasteiger partial charge on any atom is -0.489 e. The molecule has 0 saturated heterocycles. The van der Waals surface area contributed by atoms with Crippen LogP contribution in [0.25, 0.3) is 0 Å². The zero-order chi connectivity index (χ0) is 29.4. The number of carbonyl (C=O) groups is 1. The monoisotopic (exact) mass is 587 g/mol. The molecule has 9 nitrogen and oxygen atoms in total. The smallest absolute Gasteiger partial charge is 0.387 e. The Labute approximate surface area is 228 Å². The van der Waals surface area contributed by atoms with E-state index in [1.54, 1.807) is 13.8 Å². The summed E-state index contributed by atoms with van der Waals surface area (Å²) in [5, 5.41) is 0. The summed E-state index contributed by atoms with van der Waals surface area (Å²) in [6.45, 7) is 0.292. The molecule has 40 heavy (non-hydrogen) atoms. The third kappa shape index (κ3) is 6.78. The van der Waals surface area contributed by atoms with E-state index in [4.69, 9.17) is 15.2 Å². The maximum Gasteiger partial charge on any atom is 0.387 e. The number of hydrogen-bond acceptors (Lipinski definition) is 8. The lowest BCUT2D eigenvalue weighted by Gasteiger charge is -2.34. The number of halogens is 4. The van der Waals surface area contributed by atoms with Gasteiger partial charge in [-0.25, -0.2) is 17.2 Å². The van der Waals surface area contributed by atoms with Crippen LogP contribution in [-0.4, -0.2) is 44.7 Å². The Morgan fingerprint density at radius 1 is 1.18 bits per heavy atom. The molecule has 0 aromatic heterocycles. The van der Waals surface area contributed by atoms with E-state index in [0.29, 0.717) is 6.07 Å². The number of nitrogens with one attached hydrogen (secondary N) is 1. The largest absolute Gasteiger partial charge is 0.489 e. The zero-order valence-electron chi connectivity index (χ0n) is 21.9. The van der Waals surface area contributed by atoms with Gasteiger partial charge >= 0.3 is 6.61 Å². The molecule has 3 N–H and O–H groups in total. The molecule has 1 aliphatic carbocycles. The molecule has 1 unspecified atom stereocenters. The minimum absolute atomic E-state index is 0.00903. The lowest BCUT2D eigenvalue weighted by atomic mass is 10.0. The van der Waals surface area contributed by atoms with Gasteiger partial charge < -0.3 is 24.8 Å². The molecule has 0 spiro atoms. The highest BCUT2D eigenvalue weighted by Gasteiger charge is 2.43. The molecule has 2 aliphatic rings. The van der Waals surface area contributed by atoms with Gasteiger partial charge in [0.1, 0.15) is 23.4 Å². The molecule has 0 bridgehead atoms.